The highest BCUT2D eigenvalue weighted by Gasteiger charge is 2.55. The summed E-state index contributed by atoms with van der Waals surface area (Å²) in [5.74, 6) is -0.201. The average molecular weight is 1660 g/mol. The van der Waals surface area contributed by atoms with Gasteiger partial charge in [-0.15, -0.1) is 45.3 Å². The van der Waals surface area contributed by atoms with Crippen molar-refractivity contribution >= 4 is 94.9 Å². The maximum absolute atomic E-state index is 14.5. The van der Waals surface area contributed by atoms with Crippen LogP contribution in [0.1, 0.15) is 378 Å². The summed E-state index contributed by atoms with van der Waals surface area (Å²) >= 11 is 9.23. The molecule has 10 heteroatoms. The number of carbonyl (C=O) groups is 1. The van der Waals surface area contributed by atoms with Crippen molar-refractivity contribution in [2.45, 2.75) is 328 Å². The summed E-state index contributed by atoms with van der Waals surface area (Å²) < 4.78 is 13.0. The van der Waals surface area contributed by atoms with E-state index in [9.17, 15) is 10.1 Å². The number of nitrogens with zero attached hydrogens (tertiary/aromatic N) is 4. The Labute approximate surface area is 728 Å². The third kappa shape index (κ3) is 19.3. The standard InChI is InChI=1S/C108H128N4OS5/c1-7-11-15-19-23-27-31-35-39-43-49-78-55-64-83(65-56-78)107(84-66-57-79(58-67-84)50-44-40-36-32-28-24-20-16-12-8-2)91-73-77(5)114-101(91)103-96(107)105-106(116-103)97-104(117-105)102-92(75-94(115-102)89-72-63-82(98-99(89)112-118-111-98)74-90-95(93(76-109)110-6)87-53-47-48-54-88(87)100(90)113)108(97,85-68-59-80(60-69-85)51-45-41-37-33-29-25-21-17-13-9-3)86-70-61-81(62-71-86)52-46-42-38-34-30-26-22-18-14-10-4/h47-48,53-75H,7-46,49-52H2,1-5H3/b90-74-,95-93+. The topological polar surface area (TPSA) is 71.0 Å². The molecule has 3 aliphatic rings. The van der Waals surface area contributed by atoms with E-state index in [-0.39, 0.29) is 11.5 Å². The van der Waals surface area contributed by atoms with E-state index >= 15 is 0 Å². The van der Waals surface area contributed by atoms with Gasteiger partial charge in [0.05, 0.1) is 59.2 Å². The normalized spacial score (nSPS) is 14.4. The summed E-state index contributed by atoms with van der Waals surface area (Å²) in [6, 6.07) is 59.1. The highest BCUT2D eigenvalue weighted by Crippen LogP contribution is 2.70. The number of unbranched alkanes of at least 4 members (excludes halogenated alkanes) is 36. The van der Waals surface area contributed by atoms with Crippen LogP contribution in [0.25, 0.3) is 66.9 Å². The molecule has 0 unspecified atom stereocenters. The summed E-state index contributed by atoms with van der Waals surface area (Å²) in [5.41, 5.74) is 20.3. The van der Waals surface area contributed by atoms with Gasteiger partial charge in [-0.3, -0.25) is 4.79 Å². The van der Waals surface area contributed by atoms with Gasteiger partial charge in [-0.25, -0.2) is 10.1 Å². The molecule has 6 aromatic carbocycles. The number of carbonyl (C=O) groups excluding carboxylic acids is 1. The van der Waals surface area contributed by atoms with Crippen LogP contribution in [-0.4, -0.2) is 14.5 Å². The van der Waals surface area contributed by atoms with Crippen molar-refractivity contribution in [2.75, 3.05) is 0 Å². The summed E-state index contributed by atoms with van der Waals surface area (Å²) in [7, 11) is 0. The second-order valence-corrected chi connectivity index (χ2v) is 39.7. The van der Waals surface area contributed by atoms with E-state index in [1.165, 1.54) is 369 Å². The number of benzene rings is 6. The van der Waals surface area contributed by atoms with Crippen LogP contribution in [0.5, 0.6) is 0 Å². The highest BCUT2D eigenvalue weighted by molar-refractivity contribution is 7.34. The first-order chi connectivity index (χ1) is 58.2. The third-order valence-corrected chi connectivity index (χ3v) is 31.9. The van der Waals surface area contributed by atoms with Gasteiger partial charge >= 0.3 is 0 Å². The molecule has 5 aromatic heterocycles. The molecule has 14 rings (SSSR count). The maximum Gasteiger partial charge on any atom is 0.270 e. The molecule has 0 saturated heterocycles. The minimum atomic E-state index is -0.698. The van der Waals surface area contributed by atoms with E-state index in [1.807, 2.05) is 46.9 Å². The van der Waals surface area contributed by atoms with Crippen LogP contribution in [0, 0.1) is 24.8 Å². The average Bonchev–Trinajstić information content (AvgIpc) is 1.48. The van der Waals surface area contributed by atoms with Crippen molar-refractivity contribution in [1.82, 2.24) is 8.75 Å². The smallest absolute Gasteiger partial charge is 0.270 e. The number of thiophene rings is 4. The first-order valence-corrected chi connectivity index (χ1v) is 50.6. The quantitative estimate of drug-likeness (QED) is 0.0165. The second kappa shape index (κ2) is 43.2. The number of nitriles is 1. The van der Waals surface area contributed by atoms with Crippen molar-refractivity contribution in [3.63, 3.8) is 0 Å². The first-order valence-electron chi connectivity index (χ1n) is 46.6. The van der Waals surface area contributed by atoms with Gasteiger partial charge in [0.15, 0.2) is 5.78 Å². The van der Waals surface area contributed by atoms with E-state index in [1.54, 1.807) is 6.07 Å². The van der Waals surface area contributed by atoms with Crippen LogP contribution in [0.4, 0.5) is 0 Å². The Bertz CT molecular complexity index is 5090. The van der Waals surface area contributed by atoms with Gasteiger partial charge < -0.3 is 0 Å². The molecule has 616 valence electrons. The molecule has 11 aromatic rings. The number of hydrogen-bond acceptors (Lipinski definition) is 9. The summed E-state index contributed by atoms with van der Waals surface area (Å²) in [4.78, 5) is 26.1. The monoisotopic (exact) mass is 1660 g/mol. The van der Waals surface area contributed by atoms with Crippen LogP contribution < -0.4 is 0 Å². The zero-order valence-electron chi connectivity index (χ0n) is 71.8. The Morgan fingerprint density at radius 3 is 1.12 bits per heavy atom. The van der Waals surface area contributed by atoms with Crippen LogP contribution in [0.15, 0.2) is 157 Å². The molecule has 0 amide bonds. The van der Waals surface area contributed by atoms with E-state index in [0.29, 0.717) is 27.8 Å². The van der Waals surface area contributed by atoms with Crippen molar-refractivity contribution in [3.05, 3.63) is 257 Å². The van der Waals surface area contributed by atoms with E-state index in [4.69, 9.17) is 15.3 Å². The molecule has 0 bridgehead atoms. The summed E-state index contributed by atoms with van der Waals surface area (Å²) in [6.07, 6.45) is 59.5. The Hall–Kier alpha value is -7.67. The van der Waals surface area contributed by atoms with Gasteiger partial charge in [-0.2, -0.15) is 8.75 Å². The Morgan fingerprint density at radius 2 is 0.746 bits per heavy atom. The predicted molar refractivity (Wildman–Crippen MR) is 511 cm³/mol. The minimum absolute atomic E-state index is 0.0974. The lowest BCUT2D eigenvalue weighted by atomic mass is 9.67. The van der Waals surface area contributed by atoms with Crippen molar-refractivity contribution in [1.29, 1.82) is 5.26 Å². The molecule has 0 N–H and O–H groups in total. The van der Waals surface area contributed by atoms with Crippen molar-refractivity contribution < 1.29 is 4.79 Å². The van der Waals surface area contributed by atoms with Gasteiger partial charge in [0.1, 0.15) is 11.0 Å². The fourth-order valence-corrected chi connectivity index (χ4v) is 26.1. The predicted octanol–water partition coefficient (Wildman–Crippen LogP) is 34.1. The number of rotatable bonds is 50. The summed E-state index contributed by atoms with van der Waals surface area (Å²) in [6.45, 7) is 19.7. The number of fused-ring (bicyclic) bond motifs is 11. The maximum atomic E-state index is 14.5. The molecule has 0 atom stereocenters. The zero-order chi connectivity index (χ0) is 81.5. The van der Waals surface area contributed by atoms with Crippen LogP contribution >= 0.6 is 57.1 Å². The van der Waals surface area contributed by atoms with Gasteiger partial charge in [-0.05, 0) is 138 Å². The summed E-state index contributed by atoms with van der Waals surface area (Å²) in [5, 5.41) is 10.4. The number of ketones is 1. The number of Topliss-reactive ketones (excluding diaryl/α,β-unsaturated/α-hetero) is 1. The second-order valence-electron chi connectivity index (χ2n) is 34.8. The Morgan fingerprint density at radius 1 is 0.398 bits per heavy atom. The van der Waals surface area contributed by atoms with Crippen LogP contribution in [0.2, 0.25) is 0 Å². The fourth-order valence-electron chi connectivity index (χ4n) is 19.8. The zero-order valence-corrected chi connectivity index (χ0v) is 75.9. The first kappa shape index (κ1) is 86.7. The van der Waals surface area contributed by atoms with Gasteiger partial charge in [0, 0.05) is 53.6 Å². The highest BCUT2D eigenvalue weighted by atomic mass is 32.1. The number of allylic oxidation sites excluding steroid dienone is 3. The van der Waals surface area contributed by atoms with E-state index in [0.717, 1.165) is 47.2 Å². The van der Waals surface area contributed by atoms with Gasteiger partial charge in [0.2, 0.25) is 0 Å². The molecule has 0 fully saturated rings. The SMILES string of the molecule is [C-]#[N+]/C(C#N)=C1/C(=C/c2ccc(-c3cc4c(s3)-c3sc5c6c(sc5c3C4(c3ccc(CCCCCCCCCCCC)cc3)c3ccc(CCCCCCCCCCCC)cc3)-c3sc(C)cc3C6(c3ccc(CCCCCCCCCCCC)cc3)c3ccc(CCCCCCCCCCCC)cc3)c3nsnc23)C(=O)c2ccccc21. The van der Waals surface area contributed by atoms with Gasteiger partial charge in [-0.1, -0.05) is 392 Å². The van der Waals surface area contributed by atoms with Crippen molar-refractivity contribution in [3.8, 4) is 36.0 Å². The lowest BCUT2D eigenvalue weighted by molar-refractivity contribution is 0.104. The molecular weight excluding hydrogens is 1530 g/mol. The molecular formula is C108H128N4OS5. The van der Waals surface area contributed by atoms with E-state index in [2.05, 4.69) is 190 Å². The Kier molecular flexibility index (Phi) is 31.7. The number of aromatic nitrogens is 2. The van der Waals surface area contributed by atoms with Crippen LogP contribution in [-0.2, 0) is 36.5 Å². The molecule has 0 saturated carbocycles. The van der Waals surface area contributed by atoms with Crippen molar-refractivity contribution in [2.24, 2.45) is 0 Å². The Balaban J connectivity index is 0.895. The van der Waals surface area contributed by atoms with Gasteiger partial charge in [0.25, 0.3) is 5.70 Å². The molecule has 5 nitrogen and oxygen atoms in total. The molecule has 0 spiro atoms. The van der Waals surface area contributed by atoms with Crippen LogP contribution in [0.3, 0.4) is 0 Å². The molecule has 118 heavy (non-hydrogen) atoms. The number of aryl methyl sites for hydroxylation is 5. The molecule has 0 radical (unpaired) electrons. The lowest BCUT2D eigenvalue weighted by Crippen LogP contribution is -2.29. The lowest BCUT2D eigenvalue weighted by Gasteiger charge is -2.34. The number of hydrogen-bond donors (Lipinski definition) is 0. The minimum Gasteiger partial charge on any atom is -0.289 e. The molecule has 5 heterocycles. The fraction of sp³-hybridized carbons (Fsp3) is 0.472. The molecule has 3 aliphatic carbocycles. The largest absolute Gasteiger partial charge is 0.289 e. The molecule has 0 aliphatic heterocycles. The third-order valence-electron chi connectivity index (χ3n) is 26.3. The van der Waals surface area contributed by atoms with E-state index < -0.39 is 10.8 Å².